The second kappa shape index (κ2) is 6.74. The van der Waals surface area contributed by atoms with Crippen LogP contribution in [0.2, 0.25) is 0 Å². The Labute approximate surface area is 97.8 Å². The fourth-order valence-electron chi connectivity index (χ4n) is 2.24. The maximum atomic E-state index is 11.4. The summed E-state index contributed by atoms with van der Waals surface area (Å²) in [5.74, 6) is 1.33. The predicted molar refractivity (Wildman–Crippen MR) is 64.2 cm³/mol. The van der Waals surface area contributed by atoms with E-state index in [0.29, 0.717) is 11.8 Å². The minimum absolute atomic E-state index is 0.0206. The average molecular weight is 228 g/mol. The molecule has 1 fully saturated rings. The van der Waals surface area contributed by atoms with Crippen molar-refractivity contribution in [2.45, 2.75) is 45.6 Å². The number of nitrogens with one attached hydrogen (secondary N) is 2. The summed E-state index contributed by atoms with van der Waals surface area (Å²) >= 11 is 0. The number of rotatable bonds is 4. The van der Waals surface area contributed by atoms with Crippen LogP contribution in [-0.2, 0) is 0 Å². The number of amides is 2. The van der Waals surface area contributed by atoms with Crippen LogP contribution in [0.15, 0.2) is 0 Å². The van der Waals surface area contributed by atoms with E-state index in [9.17, 15) is 4.79 Å². The molecule has 1 saturated carbocycles. The number of carbonyl (C=O) groups excluding carboxylic acids is 1. The van der Waals surface area contributed by atoms with Crippen LogP contribution < -0.4 is 10.6 Å². The van der Waals surface area contributed by atoms with Gasteiger partial charge >= 0.3 is 6.03 Å². The fourth-order valence-corrected chi connectivity index (χ4v) is 2.24. The quantitative estimate of drug-likeness (QED) is 0.682. The Hall–Kier alpha value is -0.770. The van der Waals surface area contributed by atoms with Crippen LogP contribution in [0.3, 0.4) is 0 Å². The lowest BCUT2D eigenvalue weighted by atomic mass is 9.80. The molecule has 0 aromatic heterocycles. The Kier molecular flexibility index (Phi) is 5.60. The van der Waals surface area contributed by atoms with Gasteiger partial charge in [0.15, 0.2) is 0 Å². The molecule has 1 aliphatic carbocycles. The van der Waals surface area contributed by atoms with E-state index in [-0.39, 0.29) is 18.7 Å². The lowest BCUT2D eigenvalue weighted by Gasteiger charge is -2.28. The predicted octanol–water partition coefficient (Wildman–Crippen LogP) is 1.49. The number of urea groups is 1. The highest BCUT2D eigenvalue weighted by Gasteiger charge is 2.21. The summed E-state index contributed by atoms with van der Waals surface area (Å²) in [6.45, 7) is 4.78. The van der Waals surface area contributed by atoms with Gasteiger partial charge in [-0.3, -0.25) is 0 Å². The van der Waals surface area contributed by atoms with Gasteiger partial charge in [0.2, 0.25) is 0 Å². The van der Waals surface area contributed by atoms with Crippen LogP contribution in [-0.4, -0.2) is 30.3 Å². The minimum Gasteiger partial charge on any atom is -0.394 e. The van der Waals surface area contributed by atoms with Gasteiger partial charge in [-0.15, -0.1) is 0 Å². The van der Waals surface area contributed by atoms with Crippen LogP contribution in [0, 0.1) is 11.8 Å². The van der Waals surface area contributed by atoms with E-state index < -0.39 is 0 Å². The Morgan fingerprint density at radius 1 is 1.44 bits per heavy atom. The van der Waals surface area contributed by atoms with Gasteiger partial charge in [0.1, 0.15) is 0 Å². The molecule has 0 spiro atoms. The van der Waals surface area contributed by atoms with E-state index in [4.69, 9.17) is 5.11 Å². The minimum atomic E-state index is -0.177. The molecule has 94 valence electrons. The molecule has 0 heterocycles. The highest BCUT2D eigenvalue weighted by atomic mass is 16.3. The summed E-state index contributed by atoms with van der Waals surface area (Å²) in [6, 6.07) is -0.344. The normalized spacial score (nSPS) is 27.2. The Bertz CT molecular complexity index is 221. The van der Waals surface area contributed by atoms with Gasteiger partial charge in [0, 0.05) is 6.54 Å². The molecule has 3 unspecified atom stereocenters. The van der Waals surface area contributed by atoms with Gasteiger partial charge in [0.05, 0.1) is 12.6 Å². The monoisotopic (exact) mass is 228 g/mol. The van der Waals surface area contributed by atoms with E-state index >= 15 is 0 Å². The molecule has 16 heavy (non-hydrogen) atoms. The van der Waals surface area contributed by atoms with E-state index in [2.05, 4.69) is 17.6 Å². The van der Waals surface area contributed by atoms with Crippen LogP contribution in [0.25, 0.3) is 0 Å². The van der Waals surface area contributed by atoms with E-state index in [0.717, 1.165) is 6.54 Å². The molecule has 1 aliphatic rings. The molecular weight excluding hydrogens is 204 g/mol. The molecular formula is C12H24N2O2. The lowest BCUT2D eigenvalue weighted by Crippen LogP contribution is -2.44. The summed E-state index contributed by atoms with van der Waals surface area (Å²) in [7, 11) is 0. The van der Waals surface area contributed by atoms with Crippen molar-refractivity contribution >= 4 is 6.03 Å². The molecule has 3 N–H and O–H groups in total. The van der Waals surface area contributed by atoms with Crippen LogP contribution in [0.5, 0.6) is 0 Å². The summed E-state index contributed by atoms with van der Waals surface area (Å²) in [5, 5.41) is 14.4. The van der Waals surface area contributed by atoms with E-state index in [1.165, 1.54) is 25.7 Å². The molecule has 3 atom stereocenters. The van der Waals surface area contributed by atoms with Gasteiger partial charge in [0.25, 0.3) is 0 Å². The third-order valence-corrected chi connectivity index (χ3v) is 3.47. The third kappa shape index (κ3) is 4.39. The summed E-state index contributed by atoms with van der Waals surface area (Å²) in [5.41, 5.74) is 0. The summed E-state index contributed by atoms with van der Waals surface area (Å²) in [4.78, 5) is 11.4. The first-order valence-corrected chi connectivity index (χ1v) is 6.28. The molecule has 0 radical (unpaired) electrons. The maximum Gasteiger partial charge on any atom is 0.315 e. The Balaban J connectivity index is 2.20. The zero-order valence-electron chi connectivity index (χ0n) is 10.3. The zero-order chi connectivity index (χ0) is 12.0. The average Bonchev–Trinajstić information content (AvgIpc) is 2.28. The molecule has 0 aliphatic heterocycles. The standard InChI is InChI=1S/C12H24N2O2/c1-9-5-3-4-6-11(9)7-13-12(16)14-10(2)8-15/h9-11,15H,3-8H2,1-2H3,(H2,13,14,16). The highest BCUT2D eigenvalue weighted by molar-refractivity contribution is 5.74. The van der Waals surface area contributed by atoms with E-state index in [1.54, 1.807) is 6.92 Å². The number of hydrogen-bond acceptors (Lipinski definition) is 2. The smallest absolute Gasteiger partial charge is 0.315 e. The van der Waals surface area contributed by atoms with Crippen LogP contribution in [0.1, 0.15) is 39.5 Å². The lowest BCUT2D eigenvalue weighted by molar-refractivity contribution is 0.210. The fraction of sp³-hybridized carbons (Fsp3) is 0.917. The number of carbonyl (C=O) groups is 1. The van der Waals surface area contributed by atoms with Crippen LogP contribution >= 0.6 is 0 Å². The van der Waals surface area contributed by atoms with Crippen molar-refractivity contribution in [2.75, 3.05) is 13.2 Å². The van der Waals surface area contributed by atoms with Crippen molar-refractivity contribution in [1.82, 2.24) is 10.6 Å². The second-order valence-corrected chi connectivity index (χ2v) is 4.96. The van der Waals surface area contributed by atoms with Gasteiger partial charge in [-0.1, -0.05) is 26.2 Å². The van der Waals surface area contributed by atoms with Gasteiger partial charge < -0.3 is 15.7 Å². The maximum absolute atomic E-state index is 11.4. The van der Waals surface area contributed by atoms with Crippen LogP contribution in [0.4, 0.5) is 4.79 Å². The van der Waals surface area contributed by atoms with Gasteiger partial charge in [-0.05, 0) is 25.2 Å². The zero-order valence-corrected chi connectivity index (χ0v) is 10.3. The topological polar surface area (TPSA) is 61.4 Å². The van der Waals surface area contributed by atoms with Crippen molar-refractivity contribution in [2.24, 2.45) is 11.8 Å². The Morgan fingerprint density at radius 3 is 2.75 bits per heavy atom. The second-order valence-electron chi connectivity index (χ2n) is 4.96. The molecule has 1 rings (SSSR count). The van der Waals surface area contributed by atoms with Gasteiger partial charge in [-0.2, -0.15) is 0 Å². The van der Waals surface area contributed by atoms with Crippen molar-refractivity contribution in [3.63, 3.8) is 0 Å². The number of hydrogen-bond donors (Lipinski definition) is 3. The van der Waals surface area contributed by atoms with E-state index in [1.807, 2.05) is 0 Å². The highest BCUT2D eigenvalue weighted by Crippen LogP contribution is 2.28. The van der Waals surface area contributed by atoms with Crippen molar-refractivity contribution < 1.29 is 9.90 Å². The first kappa shape index (κ1) is 13.3. The molecule has 4 heteroatoms. The molecule has 0 aromatic rings. The number of aliphatic hydroxyl groups excluding tert-OH is 1. The summed E-state index contributed by atoms with van der Waals surface area (Å²) in [6.07, 6.45) is 5.11. The van der Waals surface area contributed by atoms with Gasteiger partial charge in [-0.25, -0.2) is 4.79 Å². The first-order chi connectivity index (χ1) is 7.63. The molecule has 0 saturated heterocycles. The SMILES string of the molecule is CC(CO)NC(=O)NCC1CCCCC1C. The molecule has 0 bridgehead atoms. The van der Waals surface area contributed by atoms with Crippen molar-refractivity contribution in [3.05, 3.63) is 0 Å². The largest absolute Gasteiger partial charge is 0.394 e. The van der Waals surface area contributed by atoms with Crippen molar-refractivity contribution in [1.29, 1.82) is 0 Å². The molecule has 0 aromatic carbocycles. The molecule has 4 nitrogen and oxygen atoms in total. The molecule has 2 amide bonds. The number of aliphatic hydroxyl groups is 1. The van der Waals surface area contributed by atoms with Crippen molar-refractivity contribution in [3.8, 4) is 0 Å². The Morgan fingerprint density at radius 2 is 2.12 bits per heavy atom. The summed E-state index contributed by atoms with van der Waals surface area (Å²) < 4.78 is 0. The third-order valence-electron chi connectivity index (χ3n) is 3.47. The first-order valence-electron chi connectivity index (χ1n) is 6.28.